The average Bonchev–Trinajstić information content (AvgIpc) is 2.77. The lowest BCUT2D eigenvalue weighted by Gasteiger charge is -2.44. The molecule has 2 N–H and O–H groups in total. The van der Waals surface area contributed by atoms with Gasteiger partial charge in [-0.05, 0) is 85.4 Å². The quantitative estimate of drug-likeness (QED) is 0.442. The van der Waals surface area contributed by atoms with Crippen LogP contribution in [0.3, 0.4) is 0 Å². The summed E-state index contributed by atoms with van der Waals surface area (Å²) in [4.78, 5) is 42.1. The molecule has 0 saturated carbocycles. The van der Waals surface area contributed by atoms with Gasteiger partial charge < -0.3 is 20.3 Å². The predicted octanol–water partition coefficient (Wildman–Crippen LogP) is 6.22. The van der Waals surface area contributed by atoms with Gasteiger partial charge in [-0.15, -0.1) is 0 Å². The molecule has 3 amide bonds. The van der Waals surface area contributed by atoms with E-state index < -0.39 is 29.3 Å². The van der Waals surface area contributed by atoms with Crippen molar-refractivity contribution in [3.63, 3.8) is 0 Å². The van der Waals surface area contributed by atoms with Crippen LogP contribution in [0.5, 0.6) is 0 Å². The Labute approximate surface area is 222 Å². The van der Waals surface area contributed by atoms with E-state index in [1.54, 1.807) is 32.6 Å². The number of benzene rings is 2. The Kier molecular flexibility index (Phi) is 9.53. The third-order valence-electron chi connectivity index (χ3n) is 6.45. The fourth-order valence-electron chi connectivity index (χ4n) is 4.16. The summed E-state index contributed by atoms with van der Waals surface area (Å²) >= 11 is 0. The van der Waals surface area contributed by atoms with Crippen molar-refractivity contribution in [2.45, 2.75) is 98.9 Å². The Bertz CT molecular complexity index is 1110. The number of rotatable bonds is 8. The van der Waals surface area contributed by atoms with Crippen molar-refractivity contribution in [3.05, 3.63) is 64.7 Å². The molecule has 0 radical (unpaired) electrons. The first kappa shape index (κ1) is 29.9. The smallest absolute Gasteiger partial charge is 0.408 e. The Hall–Kier alpha value is -3.35. The van der Waals surface area contributed by atoms with Gasteiger partial charge in [-0.25, -0.2) is 4.79 Å². The van der Waals surface area contributed by atoms with Crippen molar-refractivity contribution in [2.75, 3.05) is 5.32 Å². The van der Waals surface area contributed by atoms with E-state index in [0.29, 0.717) is 12.0 Å². The second kappa shape index (κ2) is 11.8. The fourth-order valence-corrected chi connectivity index (χ4v) is 4.16. The van der Waals surface area contributed by atoms with Gasteiger partial charge in [-0.2, -0.15) is 0 Å². The highest BCUT2D eigenvalue weighted by molar-refractivity contribution is 6.00. The highest BCUT2D eigenvalue weighted by Crippen LogP contribution is 2.34. The van der Waals surface area contributed by atoms with Gasteiger partial charge >= 0.3 is 6.09 Å². The van der Waals surface area contributed by atoms with Gasteiger partial charge in [0.25, 0.3) is 5.91 Å². The number of nitrogens with zero attached hydrogens (tertiary/aromatic N) is 1. The van der Waals surface area contributed by atoms with Crippen LogP contribution in [0.15, 0.2) is 42.5 Å². The minimum Gasteiger partial charge on any atom is -0.444 e. The molecular weight excluding hydrogens is 466 g/mol. The zero-order valence-corrected chi connectivity index (χ0v) is 24.0. The molecule has 0 spiro atoms. The maximum Gasteiger partial charge on any atom is 0.408 e. The summed E-state index contributed by atoms with van der Waals surface area (Å²) in [7, 11) is 0. The van der Waals surface area contributed by atoms with E-state index in [2.05, 4.69) is 10.6 Å². The predicted molar refractivity (Wildman–Crippen MR) is 149 cm³/mol. The largest absolute Gasteiger partial charge is 0.444 e. The number of hydrogen-bond acceptors (Lipinski definition) is 4. The fraction of sp³-hybridized carbons (Fsp3) is 0.500. The van der Waals surface area contributed by atoms with Crippen molar-refractivity contribution in [1.29, 1.82) is 0 Å². The molecular formula is C30H43N3O4. The third kappa shape index (κ3) is 7.81. The monoisotopic (exact) mass is 509 g/mol. The van der Waals surface area contributed by atoms with Gasteiger partial charge in [-0.3, -0.25) is 9.59 Å². The maximum atomic E-state index is 14.1. The van der Waals surface area contributed by atoms with Crippen molar-refractivity contribution < 1.29 is 19.1 Å². The van der Waals surface area contributed by atoms with Crippen LogP contribution in [-0.2, 0) is 14.3 Å². The second-order valence-electron chi connectivity index (χ2n) is 11.3. The van der Waals surface area contributed by atoms with Gasteiger partial charge in [0.05, 0.1) is 0 Å². The van der Waals surface area contributed by atoms with Crippen LogP contribution in [0, 0.1) is 20.8 Å². The van der Waals surface area contributed by atoms with Gasteiger partial charge in [0.2, 0.25) is 5.91 Å². The third-order valence-corrected chi connectivity index (χ3v) is 6.45. The number of amides is 3. The SMILES string of the molecule is CCC(C)(C)N(C(=O)C(C)NC(=O)OC(C)(C)C)C(C(=O)Nc1c(C)cccc1C)c1cccc(C)c1. The molecule has 7 heteroatoms. The number of anilines is 1. The molecule has 0 aromatic heterocycles. The van der Waals surface area contributed by atoms with E-state index in [4.69, 9.17) is 4.74 Å². The van der Waals surface area contributed by atoms with E-state index in [9.17, 15) is 14.4 Å². The van der Waals surface area contributed by atoms with Gasteiger partial charge in [0.1, 0.15) is 17.7 Å². The Morgan fingerprint density at radius 2 is 1.51 bits per heavy atom. The number of alkyl carbamates (subject to hydrolysis) is 1. The molecule has 2 aromatic carbocycles. The second-order valence-corrected chi connectivity index (χ2v) is 11.3. The highest BCUT2D eigenvalue weighted by atomic mass is 16.6. The van der Waals surface area contributed by atoms with E-state index >= 15 is 0 Å². The minimum atomic E-state index is -0.927. The zero-order valence-electron chi connectivity index (χ0n) is 24.0. The maximum absolute atomic E-state index is 14.1. The molecule has 0 aliphatic carbocycles. The summed E-state index contributed by atoms with van der Waals surface area (Å²) in [5, 5.41) is 5.75. The summed E-state index contributed by atoms with van der Waals surface area (Å²) < 4.78 is 5.36. The van der Waals surface area contributed by atoms with Crippen molar-refractivity contribution in [2.24, 2.45) is 0 Å². The number of aryl methyl sites for hydroxylation is 3. The molecule has 202 valence electrons. The number of para-hydroxylation sites is 1. The molecule has 2 rings (SSSR count). The van der Waals surface area contributed by atoms with Gasteiger partial charge in [0, 0.05) is 11.2 Å². The molecule has 0 aliphatic heterocycles. The molecule has 2 unspecified atom stereocenters. The summed E-state index contributed by atoms with van der Waals surface area (Å²) in [6.07, 6.45) is -0.0913. The lowest BCUT2D eigenvalue weighted by molar-refractivity contribution is -0.147. The van der Waals surface area contributed by atoms with Crippen LogP contribution in [0.4, 0.5) is 10.5 Å². The van der Waals surface area contributed by atoms with E-state index in [0.717, 1.165) is 22.4 Å². The standard InChI is InChI=1S/C30H43N3O4/c1-11-30(9,10)33(27(35)22(5)31-28(36)37-29(6,7)8)25(23-17-12-14-19(2)18-23)26(34)32-24-20(3)15-13-16-21(24)4/h12-18,22,25H,11H2,1-10H3,(H,31,36)(H,32,34). The summed E-state index contributed by atoms with van der Waals surface area (Å²) in [5.41, 5.74) is 2.87. The molecule has 2 atom stereocenters. The highest BCUT2D eigenvalue weighted by Gasteiger charge is 2.42. The van der Waals surface area contributed by atoms with Crippen molar-refractivity contribution in [1.82, 2.24) is 10.2 Å². The number of carbonyl (C=O) groups excluding carboxylic acids is 3. The van der Waals surface area contributed by atoms with E-state index in [1.807, 2.05) is 84.0 Å². The molecule has 37 heavy (non-hydrogen) atoms. The first-order valence-electron chi connectivity index (χ1n) is 12.8. The van der Waals surface area contributed by atoms with Crippen LogP contribution in [0.1, 0.15) is 83.2 Å². The number of hydrogen-bond donors (Lipinski definition) is 2. The van der Waals surface area contributed by atoms with Crippen molar-refractivity contribution >= 4 is 23.6 Å². The number of carbonyl (C=O) groups is 3. The van der Waals surface area contributed by atoms with Gasteiger partial charge in [0.15, 0.2) is 0 Å². The Morgan fingerprint density at radius 1 is 0.946 bits per heavy atom. The Balaban J connectivity index is 2.58. The molecule has 2 aromatic rings. The molecule has 0 fully saturated rings. The number of nitrogens with one attached hydrogen (secondary N) is 2. The summed E-state index contributed by atoms with van der Waals surface area (Å²) in [6, 6.07) is 11.6. The van der Waals surface area contributed by atoms with Crippen LogP contribution in [0.2, 0.25) is 0 Å². The molecule has 0 bridgehead atoms. The lowest BCUT2D eigenvalue weighted by Crippen LogP contribution is -2.58. The minimum absolute atomic E-state index is 0.317. The summed E-state index contributed by atoms with van der Waals surface area (Å²) in [6.45, 7) is 18.6. The number of ether oxygens (including phenoxy) is 1. The first-order valence-corrected chi connectivity index (χ1v) is 12.8. The van der Waals surface area contributed by atoms with Crippen LogP contribution in [0.25, 0.3) is 0 Å². The molecule has 0 saturated heterocycles. The van der Waals surface area contributed by atoms with E-state index in [1.165, 1.54) is 0 Å². The molecule has 0 heterocycles. The van der Waals surface area contributed by atoms with Crippen LogP contribution in [-0.4, -0.2) is 40.0 Å². The van der Waals surface area contributed by atoms with E-state index in [-0.39, 0.29) is 11.8 Å². The molecule has 7 nitrogen and oxygen atoms in total. The zero-order chi connectivity index (χ0) is 28.1. The first-order chi connectivity index (χ1) is 17.1. The van der Waals surface area contributed by atoms with Gasteiger partial charge in [-0.1, -0.05) is 55.0 Å². The summed E-state index contributed by atoms with van der Waals surface area (Å²) in [5.74, 6) is -0.691. The molecule has 0 aliphatic rings. The Morgan fingerprint density at radius 3 is 2.03 bits per heavy atom. The van der Waals surface area contributed by atoms with Crippen molar-refractivity contribution in [3.8, 4) is 0 Å². The van der Waals surface area contributed by atoms with Crippen LogP contribution < -0.4 is 10.6 Å². The lowest BCUT2D eigenvalue weighted by atomic mass is 9.91. The van der Waals surface area contributed by atoms with Crippen LogP contribution >= 0.6 is 0 Å². The average molecular weight is 510 g/mol. The topological polar surface area (TPSA) is 87.7 Å². The normalized spacial score (nSPS) is 13.4.